The first-order chi connectivity index (χ1) is 13.7. The first kappa shape index (κ1) is 21.7. The van der Waals surface area contributed by atoms with Gasteiger partial charge in [-0.15, -0.1) is 11.6 Å². The number of halogens is 1. The molecule has 2 fully saturated rings. The smallest absolute Gasteiger partial charge is 0.338 e. The molecule has 1 aromatic carbocycles. The minimum Gasteiger partial charge on any atom is -0.459 e. The predicted molar refractivity (Wildman–Crippen MR) is 117 cm³/mol. The molecule has 156 valence electrons. The summed E-state index contributed by atoms with van der Waals surface area (Å²) in [5, 5.41) is 0. The minimum absolute atomic E-state index is 0.0645. The quantitative estimate of drug-likeness (QED) is 0.254. The number of benzene rings is 1. The number of carbonyl (C=O) groups excluding carboxylic acids is 1. The van der Waals surface area contributed by atoms with E-state index in [0.29, 0.717) is 17.4 Å². The van der Waals surface area contributed by atoms with Crippen LogP contribution in [-0.4, -0.2) is 18.0 Å². The molecule has 0 amide bonds. The van der Waals surface area contributed by atoms with Crippen molar-refractivity contribution >= 4 is 17.6 Å². The first-order valence-corrected chi connectivity index (χ1v) is 12.1. The molecule has 2 saturated carbocycles. The van der Waals surface area contributed by atoms with E-state index >= 15 is 0 Å². The van der Waals surface area contributed by atoms with Gasteiger partial charge in [0.2, 0.25) is 0 Å². The molecular formula is C25H37ClO2. The van der Waals surface area contributed by atoms with Crippen molar-refractivity contribution in [3.8, 4) is 0 Å². The number of esters is 1. The van der Waals surface area contributed by atoms with E-state index < -0.39 is 0 Å². The van der Waals surface area contributed by atoms with Crippen LogP contribution >= 0.6 is 11.6 Å². The highest BCUT2D eigenvalue weighted by Crippen LogP contribution is 2.38. The van der Waals surface area contributed by atoms with Gasteiger partial charge in [-0.2, -0.15) is 0 Å². The van der Waals surface area contributed by atoms with Crippen molar-refractivity contribution < 1.29 is 9.53 Å². The van der Waals surface area contributed by atoms with Gasteiger partial charge in [0.05, 0.1) is 5.56 Å². The third-order valence-corrected chi connectivity index (χ3v) is 7.40. The van der Waals surface area contributed by atoms with Crippen LogP contribution in [0.4, 0.5) is 0 Å². The Hall–Kier alpha value is -1.02. The molecule has 0 N–H and O–H groups in total. The molecule has 3 rings (SSSR count). The van der Waals surface area contributed by atoms with Crippen LogP contribution in [0.3, 0.4) is 0 Å². The van der Waals surface area contributed by atoms with Gasteiger partial charge in [-0.05, 0) is 86.8 Å². The average Bonchev–Trinajstić information content (AvgIpc) is 2.75. The summed E-state index contributed by atoms with van der Waals surface area (Å²) in [6.45, 7) is 2.28. The topological polar surface area (TPSA) is 26.3 Å². The molecule has 2 aliphatic rings. The number of ether oxygens (including phenoxy) is 1. The Morgan fingerprint density at radius 3 is 2.18 bits per heavy atom. The van der Waals surface area contributed by atoms with Crippen LogP contribution in [0.15, 0.2) is 24.3 Å². The van der Waals surface area contributed by atoms with E-state index in [0.717, 1.165) is 37.5 Å². The summed E-state index contributed by atoms with van der Waals surface area (Å²) in [5.41, 5.74) is 2.09. The maximum absolute atomic E-state index is 12.5. The van der Waals surface area contributed by atoms with Crippen LogP contribution in [0, 0.1) is 11.8 Å². The van der Waals surface area contributed by atoms with Gasteiger partial charge in [0.1, 0.15) is 6.10 Å². The second-order valence-corrected chi connectivity index (χ2v) is 9.35. The van der Waals surface area contributed by atoms with E-state index in [1.54, 1.807) is 0 Å². The lowest BCUT2D eigenvalue weighted by Gasteiger charge is -2.29. The Kier molecular flexibility index (Phi) is 8.70. The summed E-state index contributed by atoms with van der Waals surface area (Å²) in [6.07, 6.45) is 14.9. The summed E-state index contributed by atoms with van der Waals surface area (Å²) in [5.74, 6) is 2.75. The first-order valence-electron chi connectivity index (χ1n) is 11.6. The van der Waals surface area contributed by atoms with Gasteiger partial charge in [0.15, 0.2) is 0 Å². The third kappa shape index (κ3) is 6.24. The lowest BCUT2D eigenvalue weighted by atomic mass is 9.77. The van der Waals surface area contributed by atoms with Gasteiger partial charge in [-0.25, -0.2) is 4.79 Å². The summed E-state index contributed by atoms with van der Waals surface area (Å²) < 4.78 is 5.73. The fourth-order valence-electron chi connectivity index (χ4n) is 4.98. The summed E-state index contributed by atoms with van der Waals surface area (Å²) in [4.78, 5) is 12.5. The molecule has 3 heteroatoms. The summed E-state index contributed by atoms with van der Waals surface area (Å²) in [6, 6.07) is 8.25. The molecule has 0 bridgehead atoms. The second-order valence-electron chi connectivity index (χ2n) is 9.04. The number of rotatable bonds is 8. The number of alkyl halides is 1. The number of carbonyl (C=O) groups is 1. The maximum Gasteiger partial charge on any atom is 0.338 e. The minimum atomic E-state index is -0.166. The lowest BCUT2D eigenvalue weighted by molar-refractivity contribution is 0.0175. The maximum atomic E-state index is 12.5. The molecule has 0 spiro atoms. The van der Waals surface area contributed by atoms with E-state index in [-0.39, 0.29) is 12.1 Å². The van der Waals surface area contributed by atoms with Crippen molar-refractivity contribution in [1.82, 2.24) is 0 Å². The highest BCUT2D eigenvalue weighted by atomic mass is 35.5. The highest BCUT2D eigenvalue weighted by molar-refractivity contribution is 6.18. The van der Waals surface area contributed by atoms with Gasteiger partial charge in [0, 0.05) is 5.88 Å². The van der Waals surface area contributed by atoms with E-state index in [1.807, 2.05) is 12.1 Å². The Balaban J connectivity index is 1.44. The zero-order valence-corrected chi connectivity index (χ0v) is 18.3. The van der Waals surface area contributed by atoms with Crippen LogP contribution in [0.2, 0.25) is 0 Å². The van der Waals surface area contributed by atoms with E-state index in [1.165, 1.54) is 56.9 Å². The summed E-state index contributed by atoms with van der Waals surface area (Å²) >= 11 is 5.94. The van der Waals surface area contributed by atoms with Crippen LogP contribution in [0.1, 0.15) is 106 Å². The standard InChI is InChI=1S/C25H37ClO2/c1-2-3-4-5-19-6-10-21(11-7-19)22-12-14-23(15-13-22)25(27)28-24-16-8-20(18-26)9-17-24/h12-15,19-21,24H,2-11,16-18H2,1H3/t19-,20?,21-,24?. The molecule has 0 heterocycles. The Morgan fingerprint density at radius 2 is 1.57 bits per heavy atom. The average molecular weight is 405 g/mol. The molecular weight excluding hydrogens is 368 g/mol. The Bertz CT molecular complexity index is 581. The van der Waals surface area contributed by atoms with Crippen molar-refractivity contribution in [2.24, 2.45) is 11.8 Å². The molecule has 2 aliphatic carbocycles. The van der Waals surface area contributed by atoms with Crippen LogP contribution in [-0.2, 0) is 4.74 Å². The zero-order chi connectivity index (χ0) is 19.8. The molecule has 0 radical (unpaired) electrons. The van der Waals surface area contributed by atoms with Crippen molar-refractivity contribution in [3.05, 3.63) is 35.4 Å². The Labute approximate surface area is 176 Å². The lowest BCUT2D eigenvalue weighted by Crippen LogP contribution is -2.25. The van der Waals surface area contributed by atoms with Crippen molar-refractivity contribution in [2.45, 2.75) is 96.0 Å². The number of unbranched alkanes of at least 4 members (excludes halogenated alkanes) is 2. The molecule has 2 nitrogen and oxygen atoms in total. The molecule has 0 atom stereocenters. The number of hydrogen-bond acceptors (Lipinski definition) is 2. The molecule has 0 saturated heterocycles. The fraction of sp³-hybridized carbons (Fsp3) is 0.720. The Morgan fingerprint density at radius 1 is 0.929 bits per heavy atom. The van der Waals surface area contributed by atoms with E-state index in [9.17, 15) is 4.79 Å². The highest BCUT2D eigenvalue weighted by Gasteiger charge is 2.25. The van der Waals surface area contributed by atoms with E-state index in [2.05, 4.69) is 19.1 Å². The van der Waals surface area contributed by atoms with E-state index in [4.69, 9.17) is 16.3 Å². The van der Waals surface area contributed by atoms with Gasteiger partial charge < -0.3 is 4.74 Å². The molecule has 28 heavy (non-hydrogen) atoms. The molecule has 0 aliphatic heterocycles. The number of hydrogen-bond donors (Lipinski definition) is 0. The van der Waals surface area contributed by atoms with Crippen molar-refractivity contribution in [2.75, 3.05) is 5.88 Å². The second kappa shape index (κ2) is 11.2. The van der Waals surface area contributed by atoms with Crippen LogP contribution in [0.5, 0.6) is 0 Å². The SMILES string of the molecule is CCCCC[C@H]1CC[C@H](c2ccc(C(=O)OC3CCC(CCl)CC3)cc2)CC1. The summed E-state index contributed by atoms with van der Waals surface area (Å²) in [7, 11) is 0. The molecule has 1 aromatic rings. The monoisotopic (exact) mass is 404 g/mol. The van der Waals surface area contributed by atoms with Crippen LogP contribution in [0.25, 0.3) is 0 Å². The van der Waals surface area contributed by atoms with Gasteiger partial charge >= 0.3 is 5.97 Å². The molecule has 0 aromatic heterocycles. The van der Waals surface area contributed by atoms with Crippen LogP contribution < -0.4 is 0 Å². The van der Waals surface area contributed by atoms with Crippen molar-refractivity contribution in [3.63, 3.8) is 0 Å². The van der Waals surface area contributed by atoms with Gasteiger partial charge in [-0.3, -0.25) is 0 Å². The zero-order valence-electron chi connectivity index (χ0n) is 17.5. The van der Waals surface area contributed by atoms with Crippen molar-refractivity contribution in [1.29, 1.82) is 0 Å². The predicted octanol–water partition coefficient (Wildman–Crippen LogP) is 7.50. The fourth-order valence-corrected chi connectivity index (χ4v) is 5.29. The normalized spacial score (nSPS) is 28.1. The van der Waals surface area contributed by atoms with Gasteiger partial charge in [0.25, 0.3) is 0 Å². The van der Waals surface area contributed by atoms with Gasteiger partial charge in [-0.1, -0.05) is 44.7 Å². The third-order valence-electron chi connectivity index (χ3n) is 6.97. The largest absolute Gasteiger partial charge is 0.459 e. The molecule has 0 unspecified atom stereocenters.